The minimum absolute atomic E-state index is 0.0829. The largest absolute Gasteiger partial charge is 0.488 e. The van der Waals surface area contributed by atoms with Crippen LogP contribution in [0.4, 0.5) is 18.9 Å². The van der Waals surface area contributed by atoms with Crippen molar-refractivity contribution in [3.63, 3.8) is 0 Å². The molecule has 8 heteroatoms. The molecule has 1 aliphatic rings. The summed E-state index contributed by atoms with van der Waals surface area (Å²) in [6, 6.07) is 11.9. The van der Waals surface area contributed by atoms with E-state index in [0.29, 0.717) is 12.4 Å². The molecule has 1 aliphatic heterocycles. The molecule has 138 valence electrons. The molecule has 27 heavy (non-hydrogen) atoms. The van der Waals surface area contributed by atoms with Gasteiger partial charge in [-0.25, -0.2) is 0 Å². The highest BCUT2D eigenvalue weighted by molar-refractivity contribution is 5.91. The number of nitrogens with one attached hydrogen (secondary N) is 1. The SMILES string of the molecule is O=C(Cn1ncc2c1-c1ccccc1OC2)Nc1cccc(C(F)(F)F)c1. The summed E-state index contributed by atoms with van der Waals surface area (Å²) >= 11 is 0. The molecular formula is C19H14F3N3O2. The number of benzene rings is 2. The molecule has 2 aromatic carbocycles. The number of fused-ring (bicyclic) bond motifs is 3. The van der Waals surface area contributed by atoms with Crippen LogP contribution in [-0.4, -0.2) is 15.7 Å². The summed E-state index contributed by atoms with van der Waals surface area (Å²) in [4.78, 5) is 12.4. The second kappa shape index (κ2) is 6.46. The van der Waals surface area contributed by atoms with Crippen molar-refractivity contribution in [1.29, 1.82) is 0 Å². The third-order valence-corrected chi connectivity index (χ3v) is 4.21. The summed E-state index contributed by atoms with van der Waals surface area (Å²) < 4.78 is 45.6. The number of carbonyl (C=O) groups is 1. The van der Waals surface area contributed by atoms with Gasteiger partial charge in [-0.05, 0) is 30.3 Å². The van der Waals surface area contributed by atoms with Gasteiger partial charge < -0.3 is 10.1 Å². The number of alkyl halides is 3. The molecule has 0 fully saturated rings. The van der Waals surface area contributed by atoms with Crippen molar-refractivity contribution in [3.8, 4) is 17.0 Å². The molecule has 0 saturated heterocycles. The van der Waals surface area contributed by atoms with Gasteiger partial charge in [0.25, 0.3) is 0 Å². The number of carbonyl (C=O) groups excluding carboxylic acids is 1. The first-order valence-electron chi connectivity index (χ1n) is 8.16. The van der Waals surface area contributed by atoms with Gasteiger partial charge in [-0.2, -0.15) is 18.3 Å². The van der Waals surface area contributed by atoms with Crippen LogP contribution in [0.2, 0.25) is 0 Å². The average Bonchev–Trinajstić information content (AvgIpc) is 3.04. The van der Waals surface area contributed by atoms with Gasteiger partial charge in [0.1, 0.15) is 18.9 Å². The number of halogens is 3. The minimum atomic E-state index is -4.47. The number of hydrogen-bond acceptors (Lipinski definition) is 3. The summed E-state index contributed by atoms with van der Waals surface area (Å²) in [7, 11) is 0. The van der Waals surface area contributed by atoms with E-state index in [2.05, 4.69) is 10.4 Å². The summed E-state index contributed by atoms with van der Waals surface area (Å²) in [5.41, 5.74) is 1.71. The van der Waals surface area contributed by atoms with Crippen LogP contribution in [0.1, 0.15) is 11.1 Å². The number of amides is 1. The first kappa shape index (κ1) is 17.1. The van der Waals surface area contributed by atoms with E-state index < -0.39 is 17.6 Å². The van der Waals surface area contributed by atoms with Crippen LogP contribution in [0, 0.1) is 0 Å². The molecule has 1 N–H and O–H groups in total. The lowest BCUT2D eigenvalue weighted by Gasteiger charge is -2.19. The molecule has 0 unspecified atom stereocenters. The Morgan fingerprint density at radius 2 is 2.00 bits per heavy atom. The van der Waals surface area contributed by atoms with Crippen LogP contribution >= 0.6 is 0 Å². The van der Waals surface area contributed by atoms with Crippen LogP contribution in [0.3, 0.4) is 0 Å². The highest BCUT2D eigenvalue weighted by Crippen LogP contribution is 2.37. The van der Waals surface area contributed by atoms with Crippen LogP contribution in [0.25, 0.3) is 11.3 Å². The van der Waals surface area contributed by atoms with Crippen molar-refractivity contribution in [2.75, 3.05) is 5.32 Å². The smallest absolute Gasteiger partial charge is 0.416 e. The number of aromatic nitrogens is 2. The Labute approximate surface area is 152 Å². The molecule has 1 aromatic heterocycles. The standard InChI is InChI=1S/C19H14F3N3O2/c20-19(21,22)13-4-3-5-14(8-13)24-17(26)10-25-18-12(9-23-25)11-27-16-7-2-1-6-15(16)18/h1-9H,10-11H2,(H,24,26). The Balaban J connectivity index is 1.55. The average molecular weight is 373 g/mol. The zero-order valence-corrected chi connectivity index (χ0v) is 14.0. The van der Waals surface area contributed by atoms with E-state index in [9.17, 15) is 18.0 Å². The molecule has 5 nitrogen and oxygen atoms in total. The Bertz CT molecular complexity index is 1010. The molecule has 0 atom stereocenters. The van der Waals surface area contributed by atoms with Gasteiger partial charge in [-0.3, -0.25) is 9.48 Å². The molecule has 4 rings (SSSR count). The van der Waals surface area contributed by atoms with Crippen LogP contribution in [0.15, 0.2) is 54.7 Å². The third kappa shape index (κ3) is 3.38. The van der Waals surface area contributed by atoms with Crippen LogP contribution in [0.5, 0.6) is 5.75 Å². The lowest BCUT2D eigenvalue weighted by Crippen LogP contribution is -2.21. The fourth-order valence-corrected chi connectivity index (χ4v) is 3.02. The van der Waals surface area contributed by atoms with Crippen molar-refractivity contribution in [1.82, 2.24) is 9.78 Å². The molecule has 2 heterocycles. The van der Waals surface area contributed by atoms with E-state index in [1.807, 2.05) is 24.3 Å². The third-order valence-electron chi connectivity index (χ3n) is 4.21. The van der Waals surface area contributed by atoms with E-state index in [1.54, 1.807) is 6.20 Å². The van der Waals surface area contributed by atoms with Gasteiger partial charge in [0, 0.05) is 16.8 Å². The lowest BCUT2D eigenvalue weighted by atomic mass is 10.0. The van der Waals surface area contributed by atoms with Gasteiger partial charge in [-0.15, -0.1) is 0 Å². The molecule has 3 aromatic rings. The predicted octanol–water partition coefficient (Wildman–Crippen LogP) is 4.10. The molecule has 0 radical (unpaired) electrons. The fraction of sp³-hybridized carbons (Fsp3) is 0.158. The van der Waals surface area contributed by atoms with Crippen LogP contribution in [-0.2, 0) is 24.1 Å². The van der Waals surface area contributed by atoms with Crippen molar-refractivity contribution >= 4 is 11.6 Å². The minimum Gasteiger partial charge on any atom is -0.488 e. The fourth-order valence-electron chi connectivity index (χ4n) is 3.02. The number of anilines is 1. The quantitative estimate of drug-likeness (QED) is 0.752. The van der Waals surface area contributed by atoms with Gasteiger partial charge in [-0.1, -0.05) is 18.2 Å². The molecule has 0 saturated carbocycles. The number of hydrogen-bond donors (Lipinski definition) is 1. The number of ether oxygens (including phenoxy) is 1. The zero-order chi connectivity index (χ0) is 19.0. The van der Waals surface area contributed by atoms with Crippen molar-refractivity contribution < 1.29 is 22.7 Å². The molecule has 0 spiro atoms. The maximum absolute atomic E-state index is 12.8. The van der Waals surface area contributed by atoms with Crippen molar-refractivity contribution in [2.45, 2.75) is 19.3 Å². The molecule has 1 amide bonds. The Hall–Kier alpha value is -3.29. The second-order valence-corrected chi connectivity index (χ2v) is 6.09. The zero-order valence-electron chi connectivity index (χ0n) is 14.0. The Morgan fingerprint density at radius 3 is 2.81 bits per heavy atom. The number of nitrogens with zero attached hydrogens (tertiary/aromatic N) is 2. The first-order chi connectivity index (χ1) is 12.9. The van der Waals surface area contributed by atoms with Crippen molar-refractivity contribution in [3.05, 3.63) is 65.9 Å². The van der Waals surface area contributed by atoms with Gasteiger partial charge >= 0.3 is 6.18 Å². The van der Waals surface area contributed by atoms with E-state index in [4.69, 9.17) is 4.74 Å². The van der Waals surface area contributed by atoms with Gasteiger partial charge in [0.15, 0.2) is 0 Å². The molecular weight excluding hydrogens is 359 g/mol. The summed E-state index contributed by atoms with van der Waals surface area (Å²) in [6.45, 7) is 0.224. The summed E-state index contributed by atoms with van der Waals surface area (Å²) in [6.07, 6.45) is -2.84. The van der Waals surface area contributed by atoms with E-state index >= 15 is 0 Å². The normalized spacial score (nSPS) is 12.7. The Morgan fingerprint density at radius 1 is 1.19 bits per heavy atom. The number of para-hydroxylation sites is 1. The van der Waals surface area contributed by atoms with E-state index in [1.165, 1.54) is 16.8 Å². The van der Waals surface area contributed by atoms with Gasteiger partial charge in [0.2, 0.25) is 5.91 Å². The first-order valence-corrected chi connectivity index (χ1v) is 8.16. The summed E-state index contributed by atoms with van der Waals surface area (Å²) in [5, 5.41) is 6.72. The topological polar surface area (TPSA) is 56.2 Å². The number of rotatable bonds is 3. The van der Waals surface area contributed by atoms with E-state index in [-0.39, 0.29) is 12.2 Å². The van der Waals surface area contributed by atoms with Gasteiger partial charge in [0.05, 0.1) is 17.5 Å². The molecule has 0 bridgehead atoms. The van der Waals surface area contributed by atoms with Crippen LogP contribution < -0.4 is 10.1 Å². The Kier molecular flexibility index (Phi) is 4.10. The highest BCUT2D eigenvalue weighted by Gasteiger charge is 2.30. The molecule has 0 aliphatic carbocycles. The lowest BCUT2D eigenvalue weighted by molar-refractivity contribution is -0.137. The monoisotopic (exact) mass is 373 g/mol. The second-order valence-electron chi connectivity index (χ2n) is 6.09. The maximum atomic E-state index is 12.8. The summed E-state index contributed by atoms with van der Waals surface area (Å²) in [5.74, 6) is 0.231. The van der Waals surface area contributed by atoms with Crippen molar-refractivity contribution in [2.24, 2.45) is 0 Å². The maximum Gasteiger partial charge on any atom is 0.416 e. The predicted molar refractivity (Wildman–Crippen MR) is 92.1 cm³/mol. The van der Waals surface area contributed by atoms with E-state index in [0.717, 1.165) is 29.0 Å². The highest BCUT2D eigenvalue weighted by atomic mass is 19.4.